The Morgan fingerprint density at radius 3 is 2.44 bits per heavy atom. The van der Waals surface area contributed by atoms with E-state index in [4.69, 9.17) is 15.5 Å². The summed E-state index contributed by atoms with van der Waals surface area (Å²) >= 11 is 1.99. The normalized spacial score (nSPS) is 27.0. The van der Waals surface area contributed by atoms with Gasteiger partial charge in [0.2, 0.25) is 5.88 Å². The van der Waals surface area contributed by atoms with Gasteiger partial charge in [-0.3, -0.25) is 4.79 Å². The number of nitrogens with two attached hydrogens (primary N) is 1. The highest BCUT2D eigenvalue weighted by Gasteiger charge is 2.64. The van der Waals surface area contributed by atoms with Crippen molar-refractivity contribution in [2.75, 3.05) is 23.8 Å². The topological polar surface area (TPSA) is 86.3 Å². The molecule has 1 atom stereocenters. The average Bonchev–Trinajstić information content (AvgIpc) is 3.33. The standard InChI is InChI=1S/C24H33N5O2S/c1-21(2)12-24(14-32-24)13-28(21)20-15(19(25)30)7-8-17(26-20)29-10-9-18(27-29)31-11-16-22(3,4)23(16,5)6/h7-10,16H,11-14H2,1-6H3,(H2,25,30). The van der Waals surface area contributed by atoms with Crippen molar-refractivity contribution in [3.05, 3.63) is 30.0 Å². The lowest BCUT2D eigenvalue weighted by molar-refractivity contribution is 0.100. The van der Waals surface area contributed by atoms with Gasteiger partial charge in [0.25, 0.3) is 5.91 Å². The Bertz CT molecular complexity index is 1070. The molecule has 7 nitrogen and oxygen atoms in total. The van der Waals surface area contributed by atoms with Crippen LogP contribution in [0.3, 0.4) is 0 Å². The third-order valence-corrected chi connectivity index (χ3v) is 9.76. The Labute approximate surface area is 194 Å². The van der Waals surface area contributed by atoms with Crippen LogP contribution in [0, 0.1) is 16.7 Å². The molecule has 1 unspecified atom stereocenters. The van der Waals surface area contributed by atoms with Gasteiger partial charge in [0.05, 0.1) is 12.2 Å². The number of hydrogen-bond donors (Lipinski definition) is 1. The molecule has 2 N–H and O–H groups in total. The van der Waals surface area contributed by atoms with Gasteiger partial charge in [-0.25, -0.2) is 9.67 Å². The zero-order valence-corrected chi connectivity index (χ0v) is 20.6. The second-order valence-corrected chi connectivity index (χ2v) is 12.8. The summed E-state index contributed by atoms with van der Waals surface area (Å²) in [6.45, 7) is 15.1. The highest BCUT2D eigenvalue weighted by atomic mass is 32.2. The molecule has 1 aliphatic carbocycles. The van der Waals surface area contributed by atoms with Gasteiger partial charge in [0.1, 0.15) is 5.82 Å². The number of carbonyl (C=O) groups excluding carboxylic acids is 1. The lowest BCUT2D eigenvalue weighted by Gasteiger charge is -2.33. The number of amides is 1. The van der Waals surface area contributed by atoms with Gasteiger partial charge < -0.3 is 15.4 Å². The minimum Gasteiger partial charge on any atom is -0.476 e. The maximum absolute atomic E-state index is 12.2. The van der Waals surface area contributed by atoms with Crippen LogP contribution >= 0.6 is 11.8 Å². The van der Waals surface area contributed by atoms with Gasteiger partial charge in [-0.1, -0.05) is 27.7 Å². The second kappa shape index (κ2) is 6.65. The maximum Gasteiger partial charge on any atom is 0.252 e. The molecule has 8 heteroatoms. The van der Waals surface area contributed by atoms with Crippen molar-refractivity contribution < 1.29 is 9.53 Å². The van der Waals surface area contributed by atoms with E-state index >= 15 is 0 Å². The Kier molecular flexibility index (Phi) is 4.49. The molecule has 3 fully saturated rings. The number of rotatable bonds is 6. The van der Waals surface area contributed by atoms with Gasteiger partial charge in [-0.05, 0) is 43.2 Å². The molecule has 172 valence electrons. The summed E-state index contributed by atoms with van der Waals surface area (Å²) in [5.41, 5.74) is 6.61. The van der Waals surface area contributed by atoms with Crippen molar-refractivity contribution >= 4 is 23.5 Å². The molecular formula is C24H33N5O2S. The van der Waals surface area contributed by atoms with Crippen LogP contribution in [0.5, 0.6) is 5.88 Å². The molecule has 1 spiro atoms. The summed E-state index contributed by atoms with van der Waals surface area (Å²) in [6, 6.07) is 5.41. The number of ether oxygens (including phenoxy) is 1. The minimum atomic E-state index is -0.460. The summed E-state index contributed by atoms with van der Waals surface area (Å²) in [4.78, 5) is 19.3. The zero-order valence-electron chi connectivity index (χ0n) is 19.8. The predicted octanol–water partition coefficient (Wildman–Crippen LogP) is 3.90. The van der Waals surface area contributed by atoms with E-state index in [2.05, 4.69) is 51.5 Å². The van der Waals surface area contributed by atoms with Crippen LogP contribution in [0.2, 0.25) is 0 Å². The second-order valence-electron chi connectivity index (χ2n) is 11.4. The van der Waals surface area contributed by atoms with Crippen molar-refractivity contribution in [2.24, 2.45) is 22.5 Å². The number of anilines is 1. The van der Waals surface area contributed by atoms with Crippen molar-refractivity contribution in [1.82, 2.24) is 14.8 Å². The lowest BCUT2D eigenvalue weighted by atomic mass is 9.97. The van der Waals surface area contributed by atoms with Crippen molar-refractivity contribution in [1.29, 1.82) is 0 Å². The van der Waals surface area contributed by atoms with Crippen LogP contribution in [0.25, 0.3) is 5.82 Å². The molecule has 2 saturated heterocycles. The average molecular weight is 456 g/mol. The first-order chi connectivity index (χ1) is 14.9. The van der Waals surface area contributed by atoms with Gasteiger partial charge in [-0.15, -0.1) is 5.10 Å². The molecule has 2 aliphatic heterocycles. The van der Waals surface area contributed by atoms with E-state index in [-0.39, 0.29) is 21.1 Å². The first-order valence-corrected chi connectivity index (χ1v) is 12.3. The lowest BCUT2D eigenvalue weighted by Crippen LogP contribution is -2.40. The SMILES string of the molecule is CC1(C)CC2(CS2)CN1c1nc(-n2ccc(OCC3C(C)(C)C3(C)C)n2)ccc1C(N)=O. The molecule has 32 heavy (non-hydrogen) atoms. The van der Waals surface area contributed by atoms with Gasteiger partial charge in [-0.2, -0.15) is 11.8 Å². The molecular weight excluding hydrogens is 422 g/mol. The fourth-order valence-corrected chi connectivity index (χ4v) is 6.57. The molecule has 2 aromatic rings. The summed E-state index contributed by atoms with van der Waals surface area (Å²) in [6.07, 6.45) is 2.92. The number of nitrogens with zero attached hydrogens (tertiary/aromatic N) is 4. The highest BCUT2D eigenvalue weighted by Crippen LogP contribution is 2.68. The highest BCUT2D eigenvalue weighted by molar-refractivity contribution is 8.08. The Morgan fingerprint density at radius 1 is 1.19 bits per heavy atom. The molecule has 5 rings (SSSR count). The van der Waals surface area contributed by atoms with Gasteiger partial charge in [0.15, 0.2) is 5.82 Å². The van der Waals surface area contributed by atoms with Gasteiger partial charge in [0, 0.05) is 40.8 Å². The Morgan fingerprint density at radius 2 is 1.88 bits per heavy atom. The number of thioether (sulfide) groups is 1. The van der Waals surface area contributed by atoms with E-state index in [1.54, 1.807) is 16.8 Å². The fourth-order valence-electron chi connectivity index (χ4n) is 5.49. The third kappa shape index (κ3) is 3.29. The predicted molar refractivity (Wildman–Crippen MR) is 128 cm³/mol. The first kappa shape index (κ1) is 21.6. The van der Waals surface area contributed by atoms with Crippen molar-refractivity contribution in [3.63, 3.8) is 0 Å². The van der Waals surface area contributed by atoms with Crippen LogP contribution in [-0.4, -0.2) is 49.9 Å². The smallest absolute Gasteiger partial charge is 0.252 e. The number of aromatic nitrogens is 3. The Balaban J connectivity index is 1.39. The van der Waals surface area contributed by atoms with Crippen molar-refractivity contribution in [3.8, 4) is 11.7 Å². The maximum atomic E-state index is 12.2. The third-order valence-electron chi connectivity index (χ3n) is 8.38. The minimum absolute atomic E-state index is 0.0957. The quantitative estimate of drug-likeness (QED) is 0.665. The van der Waals surface area contributed by atoms with Crippen LogP contribution < -0.4 is 15.4 Å². The van der Waals surface area contributed by atoms with Crippen LogP contribution in [0.4, 0.5) is 5.82 Å². The van der Waals surface area contributed by atoms with E-state index in [9.17, 15) is 4.79 Å². The monoisotopic (exact) mass is 455 g/mol. The number of carbonyl (C=O) groups is 1. The number of hydrogen-bond acceptors (Lipinski definition) is 6. The molecule has 0 radical (unpaired) electrons. The molecule has 1 amide bonds. The largest absolute Gasteiger partial charge is 0.476 e. The molecule has 1 saturated carbocycles. The van der Waals surface area contributed by atoms with Crippen LogP contribution in [-0.2, 0) is 0 Å². The molecule has 0 aromatic carbocycles. The summed E-state index contributed by atoms with van der Waals surface area (Å²) in [5.74, 6) is 3.08. The fraction of sp³-hybridized carbons (Fsp3) is 0.625. The summed E-state index contributed by atoms with van der Waals surface area (Å²) < 4.78 is 8.01. The number of pyridine rings is 1. The van der Waals surface area contributed by atoms with E-state index in [1.165, 1.54) is 0 Å². The van der Waals surface area contributed by atoms with E-state index in [0.717, 1.165) is 18.7 Å². The van der Waals surface area contributed by atoms with E-state index in [0.29, 0.717) is 35.6 Å². The van der Waals surface area contributed by atoms with Crippen LogP contribution in [0.15, 0.2) is 24.4 Å². The first-order valence-electron chi connectivity index (χ1n) is 11.3. The molecule has 4 heterocycles. The van der Waals surface area contributed by atoms with E-state index < -0.39 is 5.91 Å². The summed E-state index contributed by atoms with van der Waals surface area (Å²) in [5, 5.41) is 4.59. The van der Waals surface area contributed by atoms with Crippen molar-refractivity contribution in [2.45, 2.75) is 58.2 Å². The number of primary amides is 1. The molecule has 2 aromatic heterocycles. The zero-order chi connectivity index (χ0) is 23.1. The molecule has 0 bridgehead atoms. The summed E-state index contributed by atoms with van der Waals surface area (Å²) in [7, 11) is 0. The molecule has 3 aliphatic rings. The van der Waals surface area contributed by atoms with Crippen LogP contribution in [0.1, 0.15) is 58.3 Å². The van der Waals surface area contributed by atoms with E-state index in [1.807, 2.05) is 24.0 Å². The Hall–Kier alpha value is -2.22. The van der Waals surface area contributed by atoms with Gasteiger partial charge >= 0.3 is 0 Å².